The first-order valence-electron chi connectivity index (χ1n) is 19.3. The largest absolute Gasteiger partial charge is 0.444 e. The fourth-order valence-electron chi connectivity index (χ4n) is 7.52. The van der Waals surface area contributed by atoms with Crippen LogP contribution in [0.3, 0.4) is 0 Å². The van der Waals surface area contributed by atoms with E-state index in [9.17, 15) is 33.2 Å². The summed E-state index contributed by atoms with van der Waals surface area (Å²) in [5.74, 6) is -2.92. The molecular weight excluding hydrogens is 723 g/mol. The van der Waals surface area contributed by atoms with Crippen LogP contribution in [-0.4, -0.2) is 88.0 Å². The molecule has 2 aromatic rings. The smallest absolute Gasteiger partial charge is 0.410 e. The molecule has 0 radical (unpaired) electrons. The molecule has 6 amide bonds. The van der Waals surface area contributed by atoms with E-state index >= 15 is 0 Å². The first-order valence-corrected chi connectivity index (χ1v) is 19.3. The Balaban J connectivity index is 1.20. The number of carbonyl (C=O) groups excluding carboxylic acids is 6. The lowest BCUT2D eigenvalue weighted by molar-refractivity contribution is -0.141. The quantitative estimate of drug-likeness (QED) is 0.306. The van der Waals surface area contributed by atoms with Crippen molar-refractivity contribution in [1.29, 1.82) is 0 Å². The van der Waals surface area contributed by atoms with Gasteiger partial charge in [-0.25, -0.2) is 14.0 Å². The van der Waals surface area contributed by atoms with Crippen LogP contribution in [-0.2, 0) is 48.3 Å². The Morgan fingerprint density at radius 3 is 2.52 bits per heavy atom. The van der Waals surface area contributed by atoms with Crippen molar-refractivity contribution in [2.24, 2.45) is 5.92 Å². The van der Waals surface area contributed by atoms with E-state index in [0.717, 1.165) is 18.4 Å². The van der Waals surface area contributed by atoms with Crippen molar-refractivity contribution in [2.45, 2.75) is 115 Å². The Morgan fingerprint density at radius 1 is 0.982 bits per heavy atom. The van der Waals surface area contributed by atoms with Crippen LogP contribution in [0, 0.1) is 11.7 Å². The summed E-state index contributed by atoms with van der Waals surface area (Å²) >= 11 is 0. The van der Waals surface area contributed by atoms with Crippen LogP contribution in [0.5, 0.6) is 0 Å². The van der Waals surface area contributed by atoms with Gasteiger partial charge in [-0.1, -0.05) is 67.5 Å². The number of carbonyl (C=O) groups is 6. The number of benzene rings is 2. The zero-order valence-corrected chi connectivity index (χ0v) is 32.1. The third-order valence-electron chi connectivity index (χ3n) is 10.5. The maximum Gasteiger partial charge on any atom is 0.410 e. The first-order chi connectivity index (χ1) is 26.7. The van der Waals surface area contributed by atoms with E-state index in [1.54, 1.807) is 32.9 Å². The summed E-state index contributed by atoms with van der Waals surface area (Å²) in [6, 6.07) is 11.8. The molecule has 1 saturated heterocycles. The number of amides is 6. The van der Waals surface area contributed by atoms with Crippen molar-refractivity contribution in [3.8, 4) is 0 Å². The third-order valence-corrected chi connectivity index (χ3v) is 10.5. The van der Waals surface area contributed by atoms with Crippen molar-refractivity contribution in [3.63, 3.8) is 0 Å². The Bertz CT molecular complexity index is 1850. The molecule has 6 rings (SSSR count). The second kappa shape index (κ2) is 17.1. The second-order valence-electron chi connectivity index (χ2n) is 16.0. The van der Waals surface area contributed by atoms with Gasteiger partial charge in [-0.05, 0) is 63.6 Å². The van der Waals surface area contributed by atoms with E-state index in [1.807, 2.05) is 42.5 Å². The molecule has 0 aromatic heterocycles. The summed E-state index contributed by atoms with van der Waals surface area (Å²) in [5.41, 5.74) is -0.243. The predicted octanol–water partition coefficient (Wildman–Crippen LogP) is 3.97. The lowest BCUT2D eigenvalue weighted by atomic mass is 10.0. The zero-order valence-electron chi connectivity index (χ0n) is 32.1. The topological polar surface area (TPSA) is 175 Å². The van der Waals surface area contributed by atoms with Crippen LogP contribution in [0.15, 0.2) is 60.7 Å². The van der Waals surface area contributed by atoms with Crippen molar-refractivity contribution in [1.82, 2.24) is 31.1 Å². The molecule has 15 heteroatoms. The van der Waals surface area contributed by atoms with Gasteiger partial charge >= 0.3 is 12.2 Å². The highest BCUT2D eigenvalue weighted by Gasteiger charge is 2.61. The average molecular weight is 775 g/mol. The monoisotopic (exact) mass is 774 g/mol. The maximum absolute atomic E-state index is 14.5. The van der Waals surface area contributed by atoms with Gasteiger partial charge in [-0.15, -0.1) is 0 Å². The van der Waals surface area contributed by atoms with Gasteiger partial charge in [0.05, 0.1) is 19.6 Å². The lowest BCUT2D eigenvalue weighted by Gasteiger charge is -2.30. The van der Waals surface area contributed by atoms with Gasteiger partial charge in [-0.3, -0.25) is 24.1 Å². The first kappa shape index (κ1) is 40.2. The zero-order chi connectivity index (χ0) is 40.0. The Kier molecular flexibility index (Phi) is 12.3. The van der Waals surface area contributed by atoms with Crippen LogP contribution in [0.4, 0.5) is 14.0 Å². The highest BCUT2D eigenvalue weighted by molar-refractivity contribution is 5.99. The minimum absolute atomic E-state index is 0.0127. The molecular formula is C41H51FN6O8. The normalized spacial score (nSPS) is 25.0. The number of rotatable bonds is 7. The molecule has 1 aliphatic carbocycles. The highest BCUT2D eigenvalue weighted by atomic mass is 19.1. The molecule has 300 valence electrons. The van der Waals surface area contributed by atoms with Gasteiger partial charge < -0.3 is 35.6 Å². The molecule has 0 bridgehead atoms. The number of fused-ring (bicyclic) bond motifs is 3. The molecule has 4 N–H and O–H groups in total. The van der Waals surface area contributed by atoms with E-state index in [0.29, 0.717) is 24.0 Å². The van der Waals surface area contributed by atoms with Gasteiger partial charge in [0.1, 0.15) is 35.1 Å². The second-order valence-corrected chi connectivity index (χ2v) is 16.0. The fourth-order valence-corrected chi connectivity index (χ4v) is 7.52. The van der Waals surface area contributed by atoms with Crippen LogP contribution in [0.1, 0.15) is 82.4 Å². The molecule has 0 unspecified atom stereocenters. The minimum atomic E-state index is -1.38. The Morgan fingerprint density at radius 2 is 1.77 bits per heavy atom. The number of hydrogen-bond acceptors (Lipinski definition) is 8. The number of alkyl carbamates (subject to hydrolysis) is 1. The molecule has 3 heterocycles. The molecule has 1 saturated carbocycles. The number of allylic oxidation sites excluding steroid dienone is 1. The van der Waals surface area contributed by atoms with Gasteiger partial charge in [0.25, 0.3) is 0 Å². The van der Waals surface area contributed by atoms with E-state index in [1.165, 1.54) is 15.9 Å². The van der Waals surface area contributed by atoms with Crippen LogP contribution < -0.4 is 21.3 Å². The van der Waals surface area contributed by atoms with Gasteiger partial charge in [0.2, 0.25) is 23.6 Å². The number of nitrogens with one attached hydrogen (secondary N) is 4. The van der Waals surface area contributed by atoms with E-state index in [-0.39, 0.29) is 57.9 Å². The minimum Gasteiger partial charge on any atom is -0.444 e. The summed E-state index contributed by atoms with van der Waals surface area (Å²) in [6.07, 6.45) is 4.75. The van der Waals surface area contributed by atoms with Crippen molar-refractivity contribution >= 4 is 35.8 Å². The SMILES string of the molecule is CC(C)(C)OC(=O)N[C@H]1CCCCCC=C[C@@H]2C[C@@]2(C(=O)NCC(=O)NCc2ccccc2)NC(=O)[C@@H]2C[C@@H](OC(=O)N3Cc4cccc(F)c4C3)CN2C1=O. The lowest BCUT2D eigenvalue weighted by Crippen LogP contribution is -2.58. The summed E-state index contributed by atoms with van der Waals surface area (Å²) in [5, 5.41) is 11.1. The van der Waals surface area contributed by atoms with Gasteiger partial charge in [0, 0.05) is 31.0 Å². The molecule has 3 aliphatic heterocycles. The molecule has 2 aromatic carbocycles. The number of halogens is 1. The van der Waals surface area contributed by atoms with Crippen molar-refractivity contribution < 1.29 is 42.6 Å². The molecule has 2 fully saturated rings. The molecule has 5 atom stereocenters. The number of hydrogen-bond donors (Lipinski definition) is 4. The summed E-state index contributed by atoms with van der Waals surface area (Å²) in [6.45, 7) is 5.09. The van der Waals surface area contributed by atoms with Gasteiger partial charge in [0.15, 0.2) is 0 Å². The number of ether oxygens (including phenoxy) is 2. The predicted molar refractivity (Wildman–Crippen MR) is 202 cm³/mol. The van der Waals surface area contributed by atoms with E-state index in [4.69, 9.17) is 9.47 Å². The molecule has 56 heavy (non-hydrogen) atoms. The van der Waals surface area contributed by atoms with Crippen molar-refractivity contribution in [2.75, 3.05) is 13.1 Å². The molecule has 0 spiro atoms. The van der Waals surface area contributed by atoms with Crippen LogP contribution in [0.25, 0.3) is 0 Å². The molecule has 4 aliphatic rings. The third kappa shape index (κ3) is 9.84. The fraction of sp³-hybridized carbons (Fsp3) is 0.512. The van der Waals surface area contributed by atoms with Gasteiger partial charge in [-0.2, -0.15) is 0 Å². The maximum atomic E-state index is 14.5. The Hall–Kier alpha value is -5.47. The highest BCUT2D eigenvalue weighted by Crippen LogP contribution is 2.45. The van der Waals surface area contributed by atoms with Crippen LogP contribution >= 0.6 is 0 Å². The molecule has 14 nitrogen and oxygen atoms in total. The van der Waals surface area contributed by atoms with Crippen LogP contribution in [0.2, 0.25) is 0 Å². The Labute approximate surface area is 325 Å². The summed E-state index contributed by atoms with van der Waals surface area (Å²) < 4.78 is 25.8. The number of nitrogens with zero attached hydrogens (tertiary/aromatic N) is 2. The van der Waals surface area contributed by atoms with E-state index < -0.39 is 71.0 Å². The van der Waals surface area contributed by atoms with E-state index in [2.05, 4.69) is 21.3 Å². The average Bonchev–Trinajstić information content (AvgIpc) is 3.44. The summed E-state index contributed by atoms with van der Waals surface area (Å²) in [4.78, 5) is 84.2. The summed E-state index contributed by atoms with van der Waals surface area (Å²) in [7, 11) is 0. The van der Waals surface area contributed by atoms with Crippen molar-refractivity contribution in [3.05, 3.63) is 83.2 Å². The standard InChI is InChI=1S/C41H51FN6O8/c1-40(2,3)56-38(53)45-32-18-11-6-4-5-10-16-28-20-41(28,37(52)44-22-34(49)43-21-26-13-8-7-9-14-26)46-35(50)33-19-29(24-48(33)36(32)51)55-39(54)47-23-27-15-12-17-31(42)30(27)25-47/h7-10,12-17,28-29,32-33H,4-6,11,18-25H2,1-3H3,(H,43,49)(H,44,52)(H,45,53)(H,46,50)/t28-,29-,32+,33+,41-/m1/s1.